The zero-order valence-corrected chi connectivity index (χ0v) is 14.3. The Kier molecular flexibility index (Phi) is 5.32. The van der Waals surface area contributed by atoms with Crippen LogP contribution >= 0.6 is 0 Å². The van der Waals surface area contributed by atoms with E-state index in [1.807, 2.05) is 0 Å². The predicted molar refractivity (Wildman–Crippen MR) is 67.9 cm³/mol. The molecule has 0 saturated carbocycles. The zero-order chi connectivity index (χ0) is 12.1. The fourth-order valence-corrected chi connectivity index (χ4v) is 2.91. The van der Waals surface area contributed by atoms with Crippen molar-refractivity contribution in [2.24, 2.45) is 0 Å². The second-order valence-corrected chi connectivity index (χ2v) is 6.01. The van der Waals surface area contributed by atoms with Gasteiger partial charge in [0.15, 0.2) is 0 Å². The first-order valence-electron chi connectivity index (χ1n) is 4.76. The molecule has 6 heteroatoms. The predicted octanol–water partition coefficient (Wildman–Crippen LogP) is 1.53. The molecule has 0 bridgehead atoms. The summed E-state index contributed by atoms with van der Waals surface area (Å²) in [5.74, 6) is -0.504. The summed E-state index contributed by atoms with van der Waals surface area (Å²) in [6.45, 7) is 5.42. The van der Waals surface area contributed by atoms with Crippen LogP contribution in [0.3, 0.4) is 0 Å². The molecule has 0 aliphatic carbocycles. The standard InChI is InChI=1S/C11H12NO3S.CH3.Y/c1-11(2)8-6-4-5-7-9(8)12(10(11)13)16(3,14)15;;/h4-7H,1H2,2-3H3;1H3;/q2*-1;. The summed E-state index contributed by atoms with van der Waals surface area (Å²) < 4.78 is 24.0. The third kappa shape index (κ3) is 2.53. The van der Waals surface area contributed by atoms with Crippen molar-refractivity contribution in [3.63, 3.8) is 0 Å². The second-order valence-electron chi connectivity index (χ2n) is 4.18. The van der Waals surface area contributed by atoms with Gasteiger partial charge in [-0.15, -0.1) is 0 Å². The molecule has 1 amide bonds. The average Bonchev–Trinajstić information content (AvgIpc) is 2.35. The first-order chi connectivity index (χ1) is 7.26. The Morgan fingerprint density at radius 2 is 1.78 bits per heavy atom. The Morgan fingerprint density at radius 1 is 1.28 bits per heavy atom. The van der Waals surface area contributed by atoms with Crippen LogP contribution in [0.25, 0.3) is 0 Å². The van der Waals surface area contributed by atoms with Crippen LogP contribution in [0.1, 0.15) is 12.5 Å². The van der Waals surface area contributed by atoms with Gasteiger partial charge in [-0.25, -0.2) is 12.7 Å². The summed E-state index contributed by atoms with van der Waals surface area (Å²) in [6, 6.07) is 6.81. The van der Waals surface area contributed by atoms with Gasteiger partial charge in [0.1, 0.15) is 0 Å². The molecule has 1 atom stereocenters. The number of para-hydroxylation sites is 1. The average molecular weight is 342 g/mol. The van der Waals surface area contributed by atoms with Crippen LogP contribution in [0.2, 0.25) is 0 Å². The summed E-state index contributed by atoms with van der Waals surface area (Å²) in [5.41, 5.74) is 0.0255. The van der Waals surface area contributed by atoms with E-state index in [0.717, 1.165) is 10.6 Å². The van der Waals surface area contributed by atoms with Crippen molar-refractivity contribution < 1.29 is 45.9 Å². The Balaban J connectivity index is 0.00000144. The maximum absolute atomic E-state index is 12.0. The van der Waals surface area contributed by atoms with Gasteiger partial charge in [0.2, 0.25) is 15.9 Å². The van der Waals surface area contributed by atoms with Crippen LogP contribution in [0.5, 0.6) is 0 Å². The quantitative estimate of drug-likeness (QED) is 0.728. The summed E-state index contributed by atoms with van der Waals surface area (Å²) in [7, 11) is -3.59. The summed E-state index contributed by atoms with van der Waals surface area (Å²) in [5, 5.41) is 0. The number of sulfonamides is 1. The fourth-order valence-electron chi connectivity index (χ4n) is 1.90. The topological polar surface area (TPSA) is 54.5 Å². The number of anilines is 1. The maximum Gasteiger partial charge on any atom is 0.238 e. The van der Waals surface area contributed by atoms with Gasteiger partial charge < -0.3 is 14.4 Å². The monoisotopic (exact) mass is 342 g/mol. The smallest absolute Gasteiger partial charge is 0.238 e. The van der Waals surface area contributed by atoms with E-state index in [4.69, 9.17) is 0 Å². The Morgan fingerprint density at radius 3 is 2.28 bits per heavy atom. The molecule has 2 rings (SSSR count). The summed E-state index contributed by atoms with van der Waals surface area (Å²) in [6.07, 6.45) is 1.02. The van der Waals surface area contributed by atoms with Crippen LogP contribution in [-0.2, 0) is 52.9 Å². The molecule has 0 aromatic heterocycles. The van der Waals surface area contributed by atoms with Gasteiger partial charge in [-0.1, -0.05) is 30.5 Å². The molecule has 1 aromatic carbocycles. The number of hydrogen-bond donors (Lipinski definition) is 0. The molecule has 0 spiro atoms. The van der Waals surface area contributed by atoms with Crippen LogP contribution in [0, 0.1) is 14.4 Å². The minimum absolute atomic E-state index is 0. The Labute approximate surface area is 134 Å². The molecule has 18 heavy (non-hydrogen) atoms. The van der Waals surface area contributed by atoms with Crippen molar-refractivity contribution in [2.75, 3.05) is 10.6 Å². The van der Waals surface area contributed by atoms with Gasteiger partial charge in [0.25, 0.3) is 0 Å². The van der Waals surface area contributed by atoms with Gasteiger partial charge in [0, 0.05) is 32.7 Å². The van der Waals surface area contributed by atoms with Crippen LogP contribution in [-0.4, -0.2) is 20.6 Å². The van der Waals surface area contributed by atoms with E-state index in [-0.39, 0.29) is 40.1 Å². The molecule has 1 heterocycles. The molecular formula is C12H15NO3SY-2. The van der Waals surface area contributed by atoms with Gasteiger partial charge in [-0.05, 0) is 11.6 Å². The number of nitrogens with zero attached hydrogens (tertiary/aromatic N) is 1. The third-order valence-electron chi connectivity index (χ3n) is 2.71. The number of hydrogen-bond acceptors (Lipinski definition) is 3. The maximum atomic E-state index is 12.0. The van der Waals surface area contributed by atoms with Gasteiger partial charge in [-0.3, -0.25) is 4.79 Å². The SMILES string of the molecule is [CH2-]C1(C)C(=O)N(S(C)(=O)=O)c2ccccc21.[CH3-].[Y]. The first-order valence-corrected chi connectivity index (χ1v) is 6.60. The van der Waals surface area contributed by atoms with E-state index in [1.165, 1.54) is 0 Å². The molecule has 1 aromatic rings. The van der Waals surface area contributed by atoms with Gasteiger partial charge in [0.05, 0.1) is 11.9 Å². The Hall–Kier alpha value is -0.256. The number of amides is 1. The molecule has 1 aliphatic rings. The van der Waals surface area contributed by atoms with Crippen molar-refractivity contribution in [1.29, 1.82) is 0 Å². The van der Waals surface area contributed by atoms with E-state index in [9.17, 15) is 13.2 Å². The number of rotatable bonds is 1. The van der Waals surface area contributed by atoms with Crippen LogP contribution in [0.4, 0.5) is 5.69 Å². The van der Waals surface area contributed by atoms with Crippen LogP contribution < -0.4 is 4.31 Å². The van der Waals surface area contributed by atoms with E-state index >= 15 is 0 Å². The minimum atomic E-state index is -3.59. The molecular weight excluding hydrogens is 327 g/mol. The molecule has 0 saturated heterocycles. The number of carbonyl (C=O) groups excluding carboxylic acids is 1. The summed E-state index contributed by atoms with van der Waals surface area (Å²) in [4.78, 5) is 12.0. The zero-order valence-electron chi connectivity index (χ0n) is 10.7. The largest absolute Gasteiger partial charge is 0.358 e. The molecule has 1 unspecified atom stereocenters. The number of fused-ring (bicyclic) bond motifs is 1. The van der Waals surface area contributed by atoms with Crippen molar-refractivity contribution in [3.8, 4) is 0 Å². The van der Waals surface area contributed by atoms with E-state index in [2.05, 4.69) is 6.92 Å². The van der Waals surface area contributed by atoms with Crippen molar-refractivity contribution in [2.45, 2.75) is 12.3 Å². The van der Waals surface area contributed by atoms with E-state index < -0.39 is 21.3 Å². The Bertz CT molecular complexity index is 566. The van der Waals surface area contributed by atoms with Crippen molar-refractivity contribution >= 4 is 21.6 Å². The second kappa shape index (κ2) is 5.39. The molecule has 0 N–H and O–H groups in total. The first kappa shape index (κ1) is 17.7. The van der Waals surface area contributed by atoms with Crippen molar-refractivity contribution in [3.05, 3.63) is 44.2 Å². The van der Waals surface area contributed by atoms with Crippen molar-refractivity contribution in [1.82, 2.24) is 0 Å². The van der Waals surface area contributed by atoms with E-state index in [1.54, 1.807) is 31.2 Å². The normalized spacial score (nSPS) is 21.9. The van der Waals surface area contributed by atoms with Gasteiger partial charge >= 0.3 is 0 Å². The molecule has 1 aliphatic heterocycles. The minimum Gasteiger partial charge on any atom is -0.358 e. The third-order valence-corrected chi connectivity index (χ3v) is 3.73. The van der Waals surface area contributed by atoms with E-state index in [0.29, 0.717) is 11.3 Å². The number of carbonyl (C=O) groups is 1. The van der Waals surface area contributed by atoms with Gasteiger partial charge in [-0.2, -0.15) is 0 Å². The van der Waals surface area contributed by atoms with Crippen LogP contribution in [0.15, 0.2) is 24.3 Å². The molecule has 1 radical (unpaired) electrons. The molecule has 4 nitrogen and oxygen atoms in total. The summed E-state index contributed by atoms with van der Waals surface area (Å²) >= 11 is 0. The fraction of sp³-hybridized carbons (Fsp3) is 0.250. The molecule has 97 valence electrons. The number of benzene rings is 1. The molecule has 0 fully saturated rings.